The van der Waals surface area contributed by atoms with Gasteiger partial charge in [-0.15, -0.1) is 0 Å². The highest BCUT2D eigenvalue weighted by atomic mass is 16.3. The van der Waals surface area contributed by atoms with Gasteiger partial charge in [-0.1, -0.05) is 23.3 Å². The number of aliphatic hydroxyl groups is 1. The largest absolute Gasteiger partial charge is 0.512 e. The first-order chi connectivity index (χ1) is 12.8. The summed E-state index contributed by atoms with van der Waals surface area (Å²) in [4.78, 5) is 13.2. The quantitative estimate of drug-likeness (QED) is 0.693. The number of rotatable bonds is 4. The average Bonchev–Trinajstić information content (AvgIpc) is 2.59. The summed E-state index contributed by atoms with van der Waals surface area (Å²) >= 11 is 0. The summed E-state index contributed by atoms with van der Waals surface area (Å²) in [7, 11) is 0. The first kappa shape index (κ1) is 19.0. The molecule has 0 saturated heterocycles. The maximum absolute atomic E-state index is 13.2. The molecule has 1 heterocycles. The summed E-state index contributed by atoms with van der Waals surface area (Å²) in [5.74, 6) is 0.736. The zero-order valence-electron chi connectivity index (χ0n) is 16.3. The van der Waals surface area contributed by atoms with Gasteiger partial charge in [0, 0.05) is 18.4 Å². The lowest BCUT2D eigenvalue weighted by Crippen LogP contribution is -2.17. The predicted molar refractivity (Wildman–Crippen MR) is 109 cm³/mol. The van der Waals surface area contributed by atoms with E-state index < -0.39 is 0 Å². The van der Waals surface area contributed by atoms with Gasteiger partial charge >= 0.3 is 0 Å². The summed E-state index contributed by atoms with van der Waals surface area (Å²) in [6.45, 7) is 7.99. The van der Waals surface area contributed by atoms with Gasteiger partial charge in [-0.25, -0.2) is 0 Å². The molecule has 1 aliphatic rings. The molecule has 4 heteroatoms. The molecule has 0 amide bonds. The minimum Gasteiger partial charge on any atom is -0.512 e. The molecule has 0 unspecified atom stereocenters. The zero-order valence-corrected chi connectivity index (χ0v) is 16.3. The SMILES string of the molecule is CC(C)=CCC1=C(O)CCc2oc3cc(CC=C(C)C)cc(O)c3c(=O)c21. The number of benzene rings is 1. The normalized spacial score (nSPS) is 13.5. The van der Waals surface area contributed by atoms with Crippen molar-refractivity contribution in [1.82, 2.24) is 0 Å². The Hall–Kier alpha value is -2.75. The van der Waals surface area contributed by atoms with E-state index in [0.717, 1.165) is 11.1 Å². The molecule has 2 N–H and O–H groups in total. The highest BCUT2D eigenvalue weighted by molar-refractivity contribution is 5.88. The number of phenols is 1. The summed E-state index contributed by atoms with van der Waals surface area (Å²) in [5, 5.41) is 21.0. The van der Waals surface area contributed by atoms with E-state index in [-0.39, 0.29) is 22.3 Å². The van der Waals surface area contributed by atoms with E-state index in [1.165, 1.54) is 5.57 Å². The fourth-order valence-electron chi connectivity index (χ4n) is 3.37. The van der Waals surface area contributed by atoms with Crippen LogP contribution in [0.15, 0.2) is 50.4 Å². The van der Waals surface area contributed by atoms with Gasteiger partial charge in [0.2, 0.25) is 5.43 Å². The number of hydrogen-bond donors (Lipinski definition) is 2. The number of allylic oxidation sites excluding steroid dienone is 6. The van der Waals surface area contributed by atoms with E-state index in [2.05, 4.69) is 6.08 Å². The summed E-state index contributed by atoms with van der Waals surface area (Å²) in [5.41, 5.74) is 4.31. The minimum absolute atomic E-state index is 0.0761. The van der Waals surface area contributed by atoms with Crippen molar-refractivity contribution < 1.29 is 14.6 Å². The van der Waals surface area contributed by atoms with Crippen molar-refractivity contribution in [2.24, 2.45) is 0 Å². The van der Waals surface area contributed by atoms with Crippen LogP contribution < -0.4 is 5.43 Å². The third-order valence-corrected chi connectivity index (χ3v) is 4.81. The van der Waals surface area contributed by atoms with E-state index in [1.54, 1.807) is 6.07 Å². The predicted octanol–water partition coefficient (Wildman–Crippen LogP) is 5.58. The molecule has 0 saturated carbocycles. The molecule has 27 heavy (non-hydrogen) atoms. The first-order valence-corrected chi connectivity index (χ1v) is 9.27. The van der Waals surface area contributed by atoms with E-state index in [1.807, 2.05) is 39.8 Å². The average molecular weight is 366 g/mol. The Morgan fingerprint density at radius 2 is 1.70 bits per heavy atom. The van der Waals surface area contributed by atoms with Gasteiger partial charge in [0.1, 0.15) is 22.5 Å². The molecule has 142 valence electrons. The van der Waals surface area contributed by atoms with Crippen LogP contribution in [-0.2, 0) is 12.8 Å². The molecule has 4 nitrogen and oxygen atoms in total. The number of aliphatic hydroxyl groups excluding tert-OH is 1. The van der Waals surface area contributed by atoms with E-state index in [9.17, 15) is 15.0 Å². The minimum atomic E-state index is -0.277. The van der Waals surface area contributed by atoms with Crippen LogP contribution in [0, 0.1) is 0 Å². The van der Waals surface area contributed by atoms with Crippen LogP contribution in [0.25, 0.3) is 16.5 Å². The molecule has 2 aromatic rings. The van der Waals surface area contributed by atoms with E-state index in [0.29, 0.717) is 48.2 Å². The van der Waals surface area contributed by atoms with Crippen molar-refractivity contribution in [2.75, 3.05) is 0 Å². The molecule has 0 bridgehead atoms. The topological polar surface area (TPSA) is 70.7 Å². The summed E-state index contributed by atoms with van der Waals surface area (Å²) < 4.78 is 6.03. The van der Waals surface area contributed by atoms with Crippen molar-refractivity contribution in [3.05, 3.63) is 68.3 Å². The number of hydrogen-bond acceptors (Lipinski definition) is 4. The van der Waals surface area contributed by atoms with Crippen molar-refractivity contribution in [3.8, 4) is 5.75 Å². The first-order valence-electron chi connectivity index (χ1n) is 9.27. The second-order valence-corrected chi connectivity index (χ2v) is 7.61. The summed E-state index contributed by atoms with van der Waals surface area (Å²) in [6, 6.07) is 3.44. The molecular weight excluding hydrogens is 340 g/mol. The molecule has 0 radical (unpaired) electrons. The fraction of sp³-hybridized carbons (Fsp3) is 0.348. The highest BCUT2D eigenvalue weighted by Crippen LogP contribution is 2.35. The lowest BCUT2D eigenvalue weighted by atomic mass is 9.90. The molecule has 0 atom stereocenters. The Kier molecular flexibility index (Phi) is 5.26. The molecule has 0 spiro atoms. The Bertz CT molecular complexity index is 1040. The smallest absolute Gasteiger partial charge is 0.204 e. The summed E-state index contributed by atoms with van der Waals surface area (Å²) in [6.07, 6.45) is 6.11. The van der Waals surface area contributed by atoms with Gasteiger partial charge in [-0.2, -0.15) is 0 Å². The van der Waals surface area contributed by atoms with Crippen LogP contribution in [-0.4, -0.2) is 10.2 Å². The Balaban J connectivity index is 2.20. The standard InChI is InChI=1S/C23H26O4/c1-13(2)5-7-15-11-18(25)22-20(12-15)27-19-10-9-17(24)16(8-6-14(3)4)21(19)23(22)26/h5-6,11-12,24-25H,7-10H2,1-4H3. The zero-order chi connectivity index (χ0) is 19.7. The molecule has 0 aliphatic heterocycles. The number of phenolic OH excluding ortho intramolecular Hbond substituents is 1. The lowest BCUT2D eigenvalue weighted by molar-refractivity contribution is 0.376. The molecule has 1 aliphatic carbocycles. The van der Waals surface area contributed by atoms with Crippen LogP contribution in [0.2, 0.25) is 0 Å². The number of aromatic hydroxyl groups is 1. The van der Waals surface area contributed by atoms with Gasteiger partial charge in [0.05, 0.1) is 11.3 Å². The Morgan fingerprint density at radius 1 is 1.04 bits per heavy atom. The van der Waals surface area contributed by atoms with Gasteiger partial charge in [-0.05, 0) is 58.2 Å². The fourth-order valence-corrected chi connectivity index (χ4v) is 3.37. The number of fused-ring (bicyclic) bond motifs is 2. The van der Waals surface area contributed by atoms with Crippen molar-refractivity contribution in [2.45, 2.75) is 53.4 Å². The highest BCUT2D eigenvalue weighted by Gasteiger charge is 2.26. The molecule has 0 fully saturated rings. The molecule has 1 aromatic heterocycles. The van der Waals surface area contributed by atoms with E-state index in [4.69, 9.17) is 4.42 Å². The van der Waals surface area contributed by atoms with Crippen LogP contribution in [0.1, 0.15) is 57.4 Å². The van der Waals surface area contributed by atoms with Gasteiger partial charge in [-0.3, -0.25) is 4.79 Å². The van der Waals surface area contributed by atoms with Crippen molar-refractivity contribution in [3.63, 3.8) is 0 Å². The second-order valence-electron chi connectivity index (χ2n) is 7.61. The van der Waals surface area contributed by atoms with Crippen molar-refractivity contribution in [1.29, 1.82) is 0 Å². The molecule has 3 rings (SSSR count). The lowest BCUT2D eigenvalue weighted by Gasteiger charge is -2.19. The van der Waals surface area contributed by atoms with Crippen LogP contribution in [0.3, 0.4) is 0 Å². The third kappa shape index (κ3) is 3.85. The van der Waals surface area contributed by atoms with Crippen LogP contribution in [0.4, 0.5) is 0 Å². The van der Waals surface area contributed by atoms with E-state index >= 15 is 0 Å². The Labute approximate surface area is 159 Å². The van der Waals surface area contributed by atoms with Crippen LogP contribution >= 0.6 is 0 Å². The van der Waals surface area contributed by atoms with Crippen LogP contribution in [0.5, 0.6) is 5.75 Å². The van der Waals surface area contributed by atoms with Gasteiger partial charge in [0.25, 0.3) is 0 Å². The molecular formula is C23H26O4. The maximum Gasteiger partial charge on any atom is 0.204 e. The van der Waals surface area contributed by atoms with Gasteiger partial charge in [0.15, 0.2) is 0 Å². The molecule has 1 aromatic carbocycles. The van der Waals surface area contributed by atoms with Gasteiger partial charge < -0.3 is 14.6 Å². The maximum atomic E-state index is 13.2. The third-order valence-electron chi connectivity index (χ3n) is 4.81. The Morgan fingerprint density at radius 3 is 2.37 bits per heavy atom. The number of aryl methyl sites for hydroxylation is 1. The second kappa shape index (κ2) is 7.47. The monoisotopic (exact) mass is 366 g/mol. The van der Waals surface area contributed by atoms with Crippen molar-refractivity contribution >= 4 is 16.5 Å².